The molecule has 0 saturated carbocycles. The Kier molecular flexibility index (Phi) is 21.4. The Labute approximate surface area is 439 Å². The summed E-state index contributed by atoms with van der Waals surface area (Å²) >= 11 is 6.64. The Morgan fingerprint density at radius 2 is 1.12 bits per heavy atom. The van der Waals surface area contributed by atoms with Gasteiger partial charge in [0.2, 0.25) is 5.91 Å². The molecule has 1 saturated heterocycles. The zero-order chi connectivity index (χ0) is 51.2. The van der Waals surface area contributed by atoms with Crippen molar-refractivity contribution in [3.8, 4) is 29.9 Å². The van der Waals surface area contributed by atoms with E-state index in [-0.39, 0.29) is 17.0 Å². The van der Waals surface area contributed by atoms with Crippen LogP contribution in [0.4, 0.5) is 5.69 Å². The van der Waals surface area contributed by atoms with Crippen LogP contribution in [0.1, 0.15) is 118 Å². The van der Waals surface area contributed by atoms with Crippen molar-refractivity contribution in [1.82, 2.24) is 24.4 Å². The number of benzene rings is 5. The predicted octanol–water partition coefficient (Wildman–Crippen LogP) is 11.4. The van der Waals surface area contributed by atoms with E-state index in [0.717, 1.165) is 150 Å². The van der Waals surface area contributed by atoms with Gasteiger partial charge in [-0.15, -0.1) is 6.42 Å². The van der Waals surface area contributed by atoms with Crippen molar-refractivity contribution >= 4 is 71.7 Å². The molecule has 3 N–H and O–H groups in total. The molecule has 3 aliphatic heterocycles. The number of terminal acetylenes is 1. The van der Waals surface area contributed by atoms with E-state index in [1.165, 1.54) is 24.0 Å². The number of halogens is 2. The van der Waals surface area contributed by atoms with Crippen LogP contribution >= 0.6 is 31.9 Å². The van der Waals surface area contributed by atoms with Gasteiger partial charge in [-0.1, -0.05) is 107 Å². The molecule has 1 fully saturated rings. The number of hydrogen-bond donors (Lipinski definition) is 2. The normalized spacial score (nSPS) is 13.6. The van der Waals surface area contributed by atoms with Crippen LogP contribution in [0.5, 0.6) is 5.75 Å². The molecule has 1 amide bonds. The largest absolute Gasteiger partial charge is 0.427 e. The minimum Gasteiger partial charge on any atom is -0.427 e. The highest BCUT2D eigenvalue weighted by Gasteiger charge is 2.15. The fraction of sp³-hybridized carbons (Fsp3) is 0.322. The van der Waals surface area contributed by atoms with Gasteiger partial charge in [-0.25, -0.2) is 9.97 Å². The molecule has 0 bridgehead atoms. The molecule has 13 heteroatoms. The summed E-state index contributed by atoms with van der Waals surface area (Å²) in [6.07, 6.45) is 20.0. The predicted molar refractivity (Wildman–Crippen MR) is 297 cm³/mol. The van der Waals surface area contributed by atoms with Crippen LogP contribution in [-0.2, 0) is 48.4 Å². The molecular formula is C59H62Br2N6O5. The highest BCUT2D eigenvalue weighted by atomic mass is 79.9. The molecule has 5 heterocycles. The van der Waals surface area contributed by atoms with Crippen molar-refractivity contribution in [2.24, 2.45) is 0 Å². The molecule has 0 atom stereocenters. The second-order valence-corrected chi connectivity index (χ2v) is 19.4. The van der Waals surface area contributed by atoms with Gasteiger partial charge in [0.15, 0.2) is 5.75 Å². The number of nitrogens with one attached hydrogen (secondary N) is 1. The third kappa shape index (κ3) is 16.1. The molecule has 0 radical (unpaired) electrons. The first-order valence-corrected chi connectivity index (χ1v) is 26.4. The maximum atomic E-state index is 12.8. The Hall–Kier alpha value is -6.80. The summed E-state index contributed by atoms with van der Waals surface area (Å²) in [4.78, 5) is 55.0. The number of ether oxygens (including phenoxy) is 1. The second kappa shape index (κ2) is 28.3. The monoisotopic (exact) mass is 1090 g/mol. The van der Waals surface area contributed by atoms with Crippen LogP contribution < -0.4 is 26.9 Å². The van der Waals surface area contributed by atoms with Crippen molar-refractivity contribution in [2.45, 2.75) is 117 Å². The Balaban J connectivity index is 0.000000159. The lowest BCUT2D eigenvalue weighted by molar-refractivity contribution is -0.121. The van der Waals surface area contributed by atoms with Gasteiger partial charge in [0.1, 0.15) is 11.6 Å². The summed E-state index contributed by atoms with van der Waals surface area (Å²) in [5.41, 5.74) is 13.2. The number of rotatable bonds is 4. The minimum atomic E-state index is 0.0848. The molecule has 2 aromatic heterocycles. The van der Waals surface area contributed by atoms with E-state index < -0.39 is 0 Å². The molecule has 10 rings (SSSR count). The molecule has 72 heavy (non-hydrogen) atoms. The molecule has 0 aliphatic carbocycles. The average molecular weight is 1090 g/mol. The lowest BCUT2D eigenvalue weighted by Crippen LogP contribution is -2.24. The molecule has 0 spiro atoms. The van der Waals surface area contributed by atoms with Gasteiger partial charge in [0.25, 0.3) is 17.6 Å². The van der Waals surface area contributed by atoms with Crippen LogP contribution in [-0.4, -0.2) is 38.0 Å². The Bertz CT molecular complexity index is 3170. The summed E-state index contributed by atoms with van der Waals surface area (Å²) in [6, 6.07) is 32.8. The van der Waals surface area contributed by atoms with Gasteiger partial charge < -0.3 is 15.8 Å². The van der Waals surface area contributed by atoms with E-state index >= 15 is 0 Å². The first-order valence-electron chi connectivity index (χ1n) is 24.8. The van der Waals surface area contributed by atoms with E-state index in [1.807, 2.05) is 57.7 Å². The highest BCUT2D eigenvalue weighted by Crippen LogP contribution is 2.25. The molecule has 372 valence electrons. The van der Waals surface area contributed by atoms with Crippen molar-refractivity contribution in [3.05, 3.63) is 172 Å². The lowest BCUT2D eigenvalue weighted by atomic mass is 10.1. The molecule has 5 aromatic carbocycles. The Morgan fingerprint density at radius 1 is 0.625 bits per heavy atom. The van der Waals surface area contributed by atoms with Crippen LogP contribution in [0.3, 0.4) is 0 Å². The fourth-order valence-corrected chi connectivity index (χ4v) is 9.00. The van der Waals surface area contributed by atoms with Crippen molar-refractivity contribution in [3.63, 3.8) is 0 Å². The number of carbonyl (C=O) groups is 2. The van der Waals surface area contributed by atoms with Gasteiger partial charge in [0, 0.05) is 64.5 Å². The third-order valence-corrected chi connectivity index (χ3v) is 13.4. The van der Waals surface area contributed by atoms with Gasteiger partial charge in [0.05, 0.1) is 27.5 Å². The molecule has 3 aliphatic rings. The smallest absolute Gasteiger partial charge is 0.298 e. The van der Waals surface area contributed by atoms with Gasteiger partial charge in [-0.3, -0.25) is 28.3 Å². The average Bonchev–Trinajstić information content (AvgIpc) is 3.91. The van der Waals surface area contributed by atoms with E-state index in [4.69, 9.17) is 17.1 Å². The quantitative estimate of drug-likeness (QED) is 0.100. The van der Waals surface area contributed by atoms with E-state index in [0.29, 0.717) is 23.3 Å². The Morgan fingerprint density at radius 3 is 1.69 bits per heavy atom. The summed E-state index contributed by atoms with van der Waals surface area (Å²) < 4.78 is 10.1. The number of aromatic nitrogens is 4. The van der Waals surface area contributed by atoms with Crippen molar-refractivity contribution in [2.75, 3.05) is 12.3 Å². The summed E-state index contributed by atoms with van der Waals surface area (Å²) in [5, 5.41) is 4.22. The summed E-state index contributed by atoms with van der Waals surface area (Å²) in [7, 11) is 0. The molecule has 7 aromatic rings. The van der Waals surface area contributed by atoms with Crippen molar-refractivity contribution in [1.29, 1.82) is 0 Å². The number of nitrogens with zero attached hydrogens (tertiary/aromatic N) is 4. The van der Waals surface area contributed by atoms with E-state index in [1.54, 1.807) is 18.2 Å². The first-order chi connectivity index (χ1) is 35.0. The number of fused-ring (bicyclic) bond motifs is 4. The molecule has 0 unspecified atom stereocenters. The minimum absolute atomic E-state index is 0.0848. The van der Waals surface area contributed by atoms with E-state index in [9.17, 15) is 19.2 Å². The standard InChI is InChI=1S/C23H22N2O.C13H13BrN2O.C10H10.C7H6BrNO2.C6H11NO/c1-2-17-7-9-18(10-8-17)11-12-19-13-14-20-21(16-19)24-22-6-4-3-5-15-25(22)23(20)26;14-9-5-6-10-11(8-9)15-12-4-2-1-3-7-16(12)13(10)17;1-3-9-5-7-10(4-2)8-6-9;8-5-1-2-7(11-4-10)6(9)3-5;8-6-4-2-1-3-5-7-6/h7-10,13-14,16H,2-6,15H2,1H3;5-6,8H,1-4,7H2;1,5-8H,4H2,2H3;1-4H,9H2;1-5H2,(H,7,8). The van der Waals surface area contributed by atoms with Crippen LogP contribution in [0.25, 0.3) is 21.8 Å². The second-order valence-electron chi connectivity index (χ2n) is 17.5. The number of carbonyl (C=O) groups excluding carboxylic acids is 2. The van der Waals surface area contributed by atoms with Crippen molar-refractivity contribution < 1.29 is 14.3 Å². The fourth-order valence-electron chi connectivity index (χ4n) is 8.27. The zero-order valence-corrected chi connectivity index (χ0v) is 44.3. The third-order valence-electron chi connectivity index (χ3n) is 12.4. The highest BCUT2D eigenvalue weighted by molar-refractivity contribution is 9.10. The van der Waals surface area contributed by atoms with Crippen LogP contribution in [0.15, 0.2) is 122 Å². The number of hydrogen-bond acceptors (Lipinski definition) is 8. The number of nitrogen functional groups attached to an aromatic ring is 1. The van der Waals surface area contributed by atoms with Crippen LogP contribution in [0, 0.1) is 24.2 Å². The summed E-state index contributed by atoms with van der Waals surface area (Å²) in [6.45, 7) is 7.11. The molecule has 11 nitrogen and oxygen atoms in total. The van der Waals surface area contributed by atoms with Crippen LogP contribution in [0.2, 0.25) is 0 Å². The zero-order valence-electron chi connectivity index (χ0n) is 41.2. The van der Waals surface area contributed by atoms with Gasteiger partial charge in [-0.2, -0.15) is 0 Å². The maximum absolute atomic E-state index is 12.8. The van der Waals surface area contributed by atoms with Gasteiger partial charge in [-0.05, 0) is 141 Å². The lowest BCUT2D eigenvalue weighted by Gasteiger charge is -2.10. The number of anilines is 1. The topological polar surface area (TPSA) is 151 Å². The van der Waals surface area contributed by atoms with E-state index in [2.05, 4.69) is 115 Å². The van der Waals surface area contributed by atoms with Gasteiger partial charge >= 0.3 is 0 Å². The maximum Gasteiger partial charge on any atom is 0.298 e. The number of amides is 1. The summed E-state index contributed by atoms with van der Waals surface area (Å²) in [5.74, 6) is 11.4. The molecular weight excluding hydrogens is 1030 g/mol. The first kappa shape index (κ1) is 54.5. The number of nitrogens with two attached hydrogens (primary N) is 1. The SMILES string of the molecule is C#Cc1ccc(CC)cc1.CCc1ccc(C#Cc2ccc3c(=O)n4c(nc3c2)CCCCC4)cc1.Nc1cc(Br)ccc1OC=O.O=C1CCCCCN1.O=c1c2ccc(Br)cc2nc2n1CCCCC2. The number of aryl methyl sites for hydroxylation is 4.